The van der Waals surface area contributed by atoms with Crippen molar-refractivity contribution in [2.75, 3.05) is 10.2 Å². The number of anilines is 4. The molecule has 45 heavy (non-hydrogen) atoms. The Morgan fingerprint density at radius 2 is 1.20 bits per heavy atom. The maximum atomic E-state index is 4.40. The van der Waals surface area contributed by atoms with Crippen LogP contribution >= 0.6 is 11.3 Å². The van der Waals surface area contributed by atoms with E-state index in [4.69, 9.17) is 0 Å². The Morgan fingerprint density at radius 3 is 2.07 bits per heavy atom. The Bertz CT molecular complexity index is 2250. The molecule has 8 rings (SSSR count). The number of fused-ring (bicyclic) bond motifs is 4. The van der Waals surface area contributed by atoms with Gasteiger partial charge in [0.05, 0.1) is 16.1 Å². The summed E-state index contributed by atoms with van der Waals surface area (Å²) in [6, 6.07) is 51.6. The van der Waals surface area contributed by atoms with Crippen molar-refractivity contribution in [3.63, 3.8) is 0 Å². The second-order valence-electron chi connectivity index (χ2n) is 11.2. The molecule has 6 aromatic carbocycles. The fourth-order valence-electron chi connectivity index (χ4n) is 6.14. The van der Waals surface area contributed by atoms with Crippen LogP contribution in [0.1, 0.15) is 11.1 Å². The van der Waals surface area contributed by atoms with E-state index in [1.807, 2.05) is 11.3 Å². The van der Waals surface area contributed by atoms with Crippen molar-refractivity contribution in [3.05, 3.63) is 182 Å². The average Bonchev–Trinajstić information content (AvgIpc) is 3.48. The molecule has 1 aliphatic rings. The normalized spacial score (nSPS) is 14.8. The van der Waals surface area contributed by atoms with Crippen LogP contribution in [0.15, 0.2) is 171 Å². The van der Waals surface area contributed by atoms with Crippen LogP contribution in [-0.4, -0.2) is 0 Å². The second kappa shape index (κ2) is 11.5. The van der Waals surface area contributed by atoms with Crippen molar-refractivity contribution in [1.82, 2.24) is 0 Å². The number of nitrogens with one attached hydrogen (secondary N) is 1. The maximum absolute atomic E-state index is 4.40. The number of para-hydroxylation sites is 3. The van der Waals surface area contributed by atoms with Gasteiger partial charge in [-0.2, -0.15) is 0 Å². The third kappa shape index (κ3) is 5.04. The first-order chi connectivity index (χ1) is 22.2. The quantitative estimate of drug-likeness (QED) is 0.213. The molecule has 1 aromatic heterocycles. The molecule has 0 saturated carbocycles. The predicted molar refractivity (Wildman–Crippen MR) is 196 cm³/mol. The van der Waals surface area contributed by atoms with E-state index in [0.717, 1.165) is 56.1 Å². The zero-order valence-corrected chi connectivity index (χ0v) is 25.5. The summed E-state index contributed by atoms with van der Waals surface area (Å²) in [6.45, 7) is 4.40. The first kappa shape index (κ1) is 26.9. The SMILES string of the molecule is C=C1/C=C\C(c2ccc(-c3ccccc3Nc3cccc4c3sc3ccccc34)cc2)=C/N(c2ccccc2)c2ccccc21. The van der Waals surface area contributed by atoms with Crippen molar-refractivity contribution in [3.8, 4) is 11.1 Å². The first-order valence-corrected chi connectivity index (χ1v) is 15.9. The monoisotopic (exact) mass is 594 g/mol. The lowest BCUT2D eigenvalue weighted by Gasteiger charge is -2.26. The minimum Gasteiger partial charge on any atom is -0.354 e. The zero-order chi connectivity index (χ0) is 30.2. The number of hydrogen-bond acceptors (Lipinski definition) is 3. The van der Waals surface area contributed by atoms with E-state index in [0.29, 0.717) is 0 Å². The number of hydrogen-bond donors (Lipinski definition) is 1. The van der Waals surface area contributed by atoms with Gasteiger partial charge in [-0.15, -0.1) is 11.3 Å². The fourth-order valence-corrected chi connectivity index (χ4v) is 7.31. The molecule has 0 unspecified atom stereocenters. The summed E-state index contributed by atoms with van der Waals surface area (Å²) < 4.78 is 2.58. The highest BCUT2D eigenvalue weighted by molar-refractivity contribution is 7.26. The van der Waals surface area contributed by atoms with Crippen LogP contribution in [0.5, 0.6) is 0 Å². The van der Waals surface area contributed by atoms with Gasteiger partial charge in [-0.1, -0.05) is 128 Å². The van der Waals surface area contributed by atoms with Crippen LogP contribution in [-0.2, 0) is 0 Å². The first-order valence-electron chi connectivity index (χ1n) is 15.1. The molecule has 3 heteroatoms. The van der Waals surface area contributed by atoms with Crippen molar-refractivity contribution in [2.24, 2.45) is 0 Å². The predicted octanol–water partition coefficient (Wildman–Crippen LogP) is 12.2. The lowest BCUT2D eigenvalue weighted by molar-refractivity contribution is 1.27. The third-order valence-electron chi connectivity index (χ3n) is 8.41. The van der Waals surface area contributed by atoms with E-state index in [2.05, 4.69) is 181 Å². The average molecular weight is 595 g/mol. The topological polar surface area (TPSA) is 15.3 Å². The highest BCUT2D eigenvalue weighted by Gasteiger charge is 2.16. The summed E-state index contributed by atoms with van der Waals surface area (Å²) in [5.41, 5.74) is 11.1. The molecule has 7 aromatic rings. The zero-order valence-electron chi connectivity index (χ0n) is 24.7. The minimum atomic E-state index is 0.988. The lowest BCUT2D eigenvalue weighted by Crippen LogP contribution is -2.12. The number of allylic oxidation sites excluding steroid dienone is 4. The molecule has 1 N–H and O–H groups in total. The highest BCUT2D eigenvalue weighted by atomic mass is 32.1. The molecule has 0 atom stereocenters. The Labute approximate surface area is 267 Å². The molecule has 2 heterocycles. The molecule has 2 nitrogen and oxygen atoms in total. The smallest absolute Gasteiger partial charge is 0.0590 e. The van der Waals surface area contributed by atoms with Gasteiger partial charge in [0, 0.05) is 44.2 Å². The second-order valence-corrected chi connectivity index (χ2v) is 12.2. The molecule has 0 saturated heterocycles. The lowest BCUT2D eigenvalue weighted by atomic mass is 9.96. The molecule has 0 bridgehead atoms. The summed E-state index contributed by atoms with van der Waals surface area (Å²) in [5.74, 6) is 0. The molecule has 0 aliphatic carbocycles. The van der Waals surface area contributed by atoms with Crippen LogP contribution in [0, 0.1) is 0 Å². The Balaban J connectivity index is 1.16. The van der Waals surface area contributed by atoms with Gasteiger partial charge < -0.3 is 10.2 Å². The summed E-state index contributed by atoms with van der Waals surface area (Å²) in [7, 11) is 0. The standard InChI is InChI=1S/C42H30N2S/c1-29-22-23-32(28-44(33-12-3-2-4-13-33)40-20-9-6-14-34(29)40)30-24-26-31(27-25-30)35-15-5-8-18-38(35)43-39-19-11-17-37-36-16-7-10-21-41(36)45-42(37)39/h2-28,43H,1H2/b23-22-,32-28+. The van der Waals surface area contributed by atoms with E-state index >= 15 is 0 Å². The van der Waals surface area contributed by atoms with Gasteiger partial charge in [-0.05, 0) is 58.7 Å². The van der Waals surface area contributed by atoms with Gasteiger partial charge in [-0.25, -0.2) is 0 Å². The third-order valence-corrected chi connectivity index (χ3v) is 9.63. The van der Waals surface area contributed by atoms with Crippen molar-refractivity contribution >= 4 is 65.4 Å². The minimum absolute atomic E-state index is 0.988. The van der Waals surface area contributed by atoms with E-state index in [-0.39, 0.29) is 0 Å². The molecule has 0 radical (unpaired) electrons. The van der Waals surface area contributed by atoms with E-state index < -0.39 is 0 Å². The van der Waals surface area contributed by atoms with Gasteiger partial charge >= 0.3 is 0 Å². The Morgan fingerprint density at radius 1 is 0.533 bits per heavy atom. The van der Waals surface area contributed by atoms with Crippen molar-refractivity contribution in [2.45, 2.75) is 0 Å². The van der Waals surface area contributed by atoms with Crippen LogP contribution in [0.25, 0.3) is 42.4 Å². The van der Waals surface area contributed by atoms with Crippen molar-refractivity contribution in [1.29, 1.82) is 0 Å². The van der Waals surface area contributed by atoms with Gasteiger partial charge in [-0.3, -0.25) is 0 Å². The van der Waals surface area contributed by atoms with E-state index in [1.165, 1.54) is 20.2 Å². The molecule has 0 amide bonds. The summed E-state index contributed by atoms with van der Waals surface area (Å²) in [6.07, 6.45) is 6.52. The number of benzene rings is 6. The molecule has 1 aliphatic heterocycles. The summed E-state index contributed by atoms with van der Waals surface area (Å²) >= 11 is 1.84. The number of rotatable bonds is 5. The number of nitrogens with zero attached hydrogens (tertiary/aromatic N) is 1. The molecule has 0 spiro atoms. The van der Waals surface area contributed by atoms with Gasteiger partial charge in [0.2, 0.25) is 0 Å². The van der Waals surface area contributed by atoms with E-state index in [1.54, 1.807) is 0 Å². The van der Waals surface area contributed by atoms with Crippen LogP contribution in [0.4, 0.5) is 22.7 Å². The maximum Gasteiger partial charge on any atom is 0.0590 e. The molecule has 214 valence electrons. The highest BCUT2D eigenvalue weighted by Crippen LogP contribution is 2.41. The van der Waals surface area contributed by atoms with Crippen LogP contribution in [0.3, 0.4) is 0 Å². The largest absolute Gasteiger partial charge is 0.354 e. The van der Waals surface area contributed by atoms with Gasteiger partial charge in [0.15, 0.2) is 0 Å². The Kier molecular flexibility index (Phi) is 6.86. The molecular formula is C42H30N2S. The Hall–Kier alpha value is -5.64. The summed E-state index contributed by atoms with van der Waals surface area (Å²) in [4.78, 5) is 2.26. The van der Waals surface area contributed by atoms with Crippen LogP contribution < -0.4 is 10.2 Å². The van der Waals surface area contributed by atoms with Crippen molar-refractivity contribution < 1.29 is 0 Å². The van der Waals surface area contributed by atoms with E-state index in [9.17, 15) is 0 Å². The molecular weight excluding hydrogens is 565 g/mol. The molecule has 0 fully saturated rings. The summed E-state index contributed by atoms with van der Waals surface area (Å²) in [5, 5.41) is 6.37. The van der Waals surface area contributed by atoms with Gasteiger partial charge in [0.1, 0.15) is 0 Å². The fraction of sp³-hybridized carbons (Fsp3) is 0. The van der Waals surface area contributed by atoms with Crippen LogP contribution in [0.2, 0.25) is 0 Å². The number of thiophene rings is 1. The van der Waals surface area contributed by atoms with Gasteiger partial charge in [0.25, 0.3) is 0 Å².